The maximum atomic E-state index is 11.2. The van der Waals surface area contributed by atoms with Crippen molar-refractivity contribution in [3.63, 3.8) is 0 Å². The fourth-order valence-electron chi connectivity index (χ4n) is 1.07. The van der Waals surface area contributed by atoms with Gasteiger partial charge < -0.3 is 15.4 Å². The summed E-state index contributed by atoms with van der Waals surface area (Å²) < 4.78 is 1.20. The average molecular weight is 182 g/mol. The normalized spacial score (nSPS) is 9.92. The monoisotopic (exact) mass is 182 g/mol. The maximum absolute atomic E-state index is 11.2. The van der Waals surface area contributed by atoms with Crippen LogP contribution in [0.25, 0.3) is 0 Å². The van der Waals surface area contributed by atoms with Gasteiger partial charge in [-0.15, -0.1) is 0 Å². The van der Waals surface area contributed by atoms with Gasteiger partial charge in [-0.3, -0.25) is 9.59 Å². The van der Waals surface area contributed by atoms with Crippen molar-refractivity contribution in [2.24, 2.45) is 5.73 Å². The molecule has 1 amide bonds. The number of rotatable bonds is 2. The Bertz CT molecular complexity index is 395. The highest BCUT2D eigenvalue weighted by atomic mass is 16.3. The average Bonchev–Trinajstić information content (AvgIpc) is 1.96. The van der Waals surface area contributed by atoms with Gasteiger partial charge in [-0.25, -0.2) is 0 Å². The lowest BCUT2D eigenvalue weighted by molar-refractivity contribution is -0.118. The minimum atomic E-state index is -0.587. The Morgan fingerprint density at radius 3 is 2.69 bits per heavy atom. The molecule has 0 unspecified atom stereocenters. The molecule has 0 spiro atoms. The first-order chi connectivity index (χ1) is 6.00. The second-order valence-electron chi connectivity index (χ2n) is 2.75. The number of nitrogens with two attached hydrogens (primary N) is 1. The van der Waals surface area contributed by atoms with Gasteiger partial charge in [0.2, 0.25) is 5.91 Å². The summed E-state index contributed by atoms with van der Waals surface area (Å²) in [5.41, 5.74) is 5.01. The van der Waals surface area contributed by atoms with Gasteiger partial charge in [0.05, 0.1) is 0 Å². The lowest BCUT2D eigenvalue weighted by Gasteiger charge is -2.06. The van der Waals surface area contributed by atoms with E-state index < -0.39 is 11.5 Å². The van der Waals surface area contributed by atoms with Crippen LogP contribution in [0.2, 0.25) is 0 Å². The zero-order valence-corrected chi connectivity index (χ0v) is 7.15. The van der Waals surface area contributed by atoms with Crippen molar-refractivity contribution < 1.29 is 9.90 Å². The van der Waals surface area contributed by atoms with Gasteiger partial charge in [0.1, 0.15) is 12.3 Å². The van der Waals surface area contributed by atoms with Crippen LogP contribution in [0, 0.1) is 6.92 Å². The van der Waals surface area contributed by atoms with Crippen LogP contribution in [0.5, 0.6) is 5.75 Å². The van der Waals surface area contributed by atoms with Crippen LogP contribution in [0.1, 0.15) is 5.69 Å². The molecule has 0 saturated carbocycles. The minimum Gasteiger partial charge on any atom is -0.508 e. The summed E-state index contributed by atoms with van der Waals surface area (Å²) in [6.45, 7) is 1.45. The molecular weight excluding hydrogens is 172 g/mol. The third-order valence-corrected chi connectivity index (χ3v) is 1.63. The summed E-state index contributed by atoms with van der Waals surface area (Å²) in [6.07, 6.45) is 0. The Balaban J connectivity index is 3.21. The van der Waals surface area contributed by atoms with Crippen molar-refractivity contribution in [1.29, 1.82) is 0 Å². The number of aryl methyl sites for hydroxylation is 1. The largest absolute Gasteiger partial charge is 0.508 e. The van der Waals surface area contributed by atoms with Crippen LogP contribution < -0.4 is 11.3 Å². The first kappa shape index (κ1) is 9.31. The van der Waals surface area contributed by atoms with Crippen molar-refractivity contribution in [2.45, 2.75) is 13.5 Å². The lowest BCUT2D eigenvalue weighted by Crippen LogP contribution is -2.28. The molecular formula is C8H10N2O3. The summed E-state index contributed by atoms with van der Waals surface area (Å²) in [4.78, 5) is 21.7. The predicted molar refractivity (Wildman–Crippen MR) is 46.3 cm³/mol. The lowest BCUT2D eigenvalue weighted by atomic mass is 10.3. The van der Waals surface area contributed by atoms with E-state index in [1.54, 1.807) is 6.92 Å². The molecule has 1 aromatic heterocycles. The van der Waals surface area contributed by atoms with E-state index in [9.17, 15) is 9.59 Å². The Kier molecular flexibility index (Phi) is 2.36. The van der Waals surface area contributed by atoms with Crippen LogP contribution >= 0.6 is 0 Å². The van der Waals surface area contributed by atoms with E-state index in [2.05, 4.69) is 0 Å². The molecule has 0 radical (unpaired) electrons. The third-order valence-electron chi connectivity index (χ3n) is 1.63. The fourth-order valence-corrected chi connectivity index (χ4v) is 1.07. The molecule has 5 heteroatoms. The number of carbonyl (C=O) groups excluding carboxylic acids is 1. The van der Waals surface area contributed by atoms with Gasteiger partial charge in [-0.2, -0.15) is 0 Å². The Morgan fingerprint density at radius 2 is 2.23 bits per heavy atom. The summed E-state index contributed by atoms with van der Waals surface area (Å²) in [7, 11) is 0. The third kappa shape index (κ3) is 2.08. The summed E-state index contributed by atoms with van der Waals surface area (Å²) >= 11 is 0. The predicted octanol–water partition coefficient (Wildman–Crippen LogP) is -0.652. The van der Waals surface area contributed by atoms with E-state index >= 15 is 0 Å². The van der Waals surface area contributed by atoms with E-state index in [0.29, 0.717) is 5.69 Å². The number of amides is 1. The van der Waals surface area contributed by atoms with E-state index in [-0.39, 0.29) is 12.3 Å². The SMILES string of the molecule is Cc1cc(O)cc(=O)n1CC(N)=O. The molecule has 0 aliphatic rings. The summed E-state index contributed by atoms with van der Waals surface area (Å²) in [6, 6.07) is 2.43. The van der Waals surface area contributed by atoms with E-state index in [1.807, 2.05) is 0 Å². The Labute approximate surface area is 74.4 Å². The van der Waals surface area contributed by atoms with Gasteiger partial charge in [0.15, 0.2) is 0 Å². The van der Waals surface area contributed by atoms with Crippen molar-refractivity contribution in [3.8, 4) is 5.75 Å². The molecule has 5 nitrogen and oxygen atoms in total. The number of nitrogens with zero attached hydrogens (tertiary/aromatic N) is 1. The van der Waals surface area contributed by atoms with Crippen molar-refractivity contribution in [2.75, 3.05) is 0 Å². The molecule has 0 atom stereocenters. The van der Waals surface area contributed by atoms with Crippen LogP contribution in [0.4, 0.5) is 0 Å². The molecule has 1 heterocycles. The molecule has 0 saturated heterocycles. The second-order valence-corrected chi connectivity index (χ2v) is 2.75. The van der Waals surface area contributed by atoms with Crippen LogP contribution in [-0.2, 0) is 11.3 Å². The molecule has 1 rings (SSSR count). The topological polar surface area (TPSA) is 85.3 Å². The number of pyridine rings is 1. The smallest absolute Gasteiger partial charge is 0.254 e. The quantitative estimate of drug-likeness (QED) is 0.637. The molecule has 13 heavy (non-hydrogen) atoms. The number of primary amides is 1. The standard InChI is InChI=1S/C8H10N2O3/c1-5-2-6(11)3-8(13)10(5)4-7(9)12/h2-3,11H,4H2,1H3,(H2,9,12). The van der Waals surface area contributed by atoms with Gasteiger partial charge in [0, 0.05) is 11.8 Å². The zero-order valence-electron chi connectivity index (χ0n) is 7.15. The molecule has 70 valence electrons. The number of hydrogen-bond acceptors (Lipinski definition) is 3. The molecule has 3 N–H and O–H groups in total. The van der Waals surface area contributed by atoms with Crippen LogP contribution in [0.3, 0.4) is 0 Å². The zero-order chi connectivity index (χ0) is 10.0. The highest BCUT2D eigenvalue weighted by molar-refractivity contribution is 5.73. The maximum Gasteiger partial charge on any atom is 0.254 e. The van der Waals surface area contributed by atoms with Crippen molar-refractivity contribution in [3.05, 3.63) is 28.2 Å². The molecule has 0 fully saturated rings. The Morgan fingerprint density at radius 1 is 1.62 bits per heavy atom. The molecule has 0 bridgehead atoms. The Hall–Kier alpha value is -1.78. The second kappa shape index (κ2) is 3.30. The summed E-state index contributed by atoms with van der Waals surface area (Å²) in [5.74, 6) is -0.695. The van der Waals surface area contributed by atoms with Gasteiger partial charge in [-0.05, 0) is 13.0 Å². The van der Waals surface area contributed by atoms with Gasteiger partial charge in [-0.1, -0.05) is 0 Å². The van der Waals surface area contributed by atoms with Crippen LogP contribution in [0.15, 0.2) is 16.9 Å². The van der Waals surface area contributed by atoms with E-state index in [1.165, 1.54) is 10.6 Å². The molecule has 0 aliphatic carbocycles. The van der Waals surface area contributed by atoms with Crippen molar-refractivity contribution >= 4 is 5.91 Å². The van der Waals surface area contributed by atoms with Gasteiger partial charge >= 0.3 is 0 Å². The van der Waals surface area contributed by atoms with Crippen LogP contribution in [-0.4, -0.2) is 15.6 Å². The first-order valence-corrected chi connectivity index (χ1v) is 3.69. The highest BCUT2D eigenvalue weighted by Gasteiger charge is 2.04. The number of aromatic nitrogens is 1. The first-order valence-electron chi connectivity index (χ1n) is 3.69. The van der Waals surface area contributed by atoms with E-state index in [0.717, 1.165) is 6.07 Å². The highest BCUT2D eigenvalue weighted by Crippen LogP contribution is 2.06. The van der Waals surface area contributed by atoms with Crippen molar-refractivity contribution in [1.82, 2.24) is 4.57 Å². The molecule has 0 aliphatic heterocycles. The number of carbonyl (C=O) groups is 1. The van der Waals surface area contributed by atoms with Gasteiger partial charge in [0.25, 0.3) is 5.56 Å². The fraction of sp³-hybridized carbons (Fsp3) is 0.250. The van der Waals surface area contributed by atoms with E-state index in [4.69, 9.17) is 10.8 Å². The molecule has 1 aromatic rings. The summed E-state index contributed by atoms with van der Waals surface area (Å²) in [5, 5.41) is 9.02. The minimum absolute atomic E-state index is 0.108. The number of aromatic hydroxyl groups is 1. The number of hydrogen-bond donors (Lipinski definition) is 2. The molecule has 0 aromatic carbocycles.